The summed E-state index contributed by atoms with van der Waals surface area (Å²) >= 11 is 0. The van der Waals surface area contributed by atoms with Crippen LogP contribution in [0, 0.1) is 29.1 Å². The topological polar surface area (TPSA) is 75.2 Å². The normalized spacial score (nSPS) is 25.2. The zero-order chi connectivity index (χ0) is 31.9. The maximum absolute atomic E-state index is 14.8. The van der Waals surface area contributed by atoms with Gasteiger partial charge in [0.2, 0.25) is 0 Å². The van der Waals surface area contributed by atoms with Crippen molar-refractivity contribution in [2.24, 2.45) is 29.1 Å². The van der Waals surface area contributed by atoms with Gasteiger partial charge in [-0.25, -0.2) is 0 Å². The quantitative estimate of drug-likeness (QED) is 0.161. The van der Waals surface area contributed by atoms with Crippen LogP contribution in [0.15, 0.2) is 116 Å². The number of allylic oxidation sites excluding steroid dienone is 1. The lowest BCUT2D eigenvalue weighted by atomic mass is 9.43. The van der Waals surface area contributed by atoms with E-state index in [1.165, 1.54) is 6.42 Å². The Bertz CT molecular complexity index is 1690. The molecule has 2 aromatic heterocycles. The summed E-state index contributed by atoms with van der Waals surface area (Å²) in [7, 11) is 0. The molecule has 1 aliphatic heterocycles. The van der Waals surface area contributed by atoms with Crippen LogP contribution in [0.25, 0.3) is 11.1 Å². The highest BCUT2D eigenvalue weighted by atomic mass is 16.2. The number of carbonyl (C=O) groups excluding carboxylic acids is 2. The number of amides is 1. The number of ketones is 1. The molecule has 4 fully saturated rings. The second-order valence-electron chi connectivity index (χ2n) is 14.2. The molecule has 1 N–H and O–H groups in total. The predicted molar refractivity (Wildman–Crippen MR) is 180 cm³/mol. The van der Waals surface area contributed by atoms with E-state index < -0.39 is 5.54 Å². The third-order valence-corrected chi connectivity index (χ3v) is 11.3. The summed E-state index contributed by atoms with van der Waals surface area (Å²) in [5.74, 6) is 2.72. The van der Waals surface area contributed by atoms with Gasteiger partial charge in [0.05, 0.1) is 0 Å². The Labute approximate surface area is 272 Å². The van der Waals surface area contributed by atoms with Gasteiger partial charge in [-0.15, -0.1) is 0 Å². The monoisotopic (exact) mass is 610 g/mol. The minimum Gasteiger partial charge on any atom is -0.357 e. The Morgan fingerprint density at radius 2 is 1.43 bits per heavy atom. The van der Waals surface area contributed by atoms with Crippen molar-refractivity contribution in [3.63, 3.8) is 0 Å². The number of fused-ring (bicyclic) bond motifs is 2. The molecule has 234 valence electrons. The SMILES string of the molecule is CC1C(CN2C(=O)C(Cc3ccncc3)(Cc3ccncc3)NC2=CC(=O)c2ccc(-c3ccccc3)cc2)CC2CC1C2(C)C. The first-order valence-corrected chi connectivity index (χ1v) is 16.5. The molecule has 4 aromatic rings. The van der Waals surface area contributed by atoms with Gasteiger partial charge < -0.3 is 5.32 Å². The highest BCUT2D eigenvalue weighted by molar-refractivity contribution is 6.06. The number of nitrogens with zero attached hydrogens (tertiary/aromatic N) is 3. The Hall–Kier alpha value is -4.58. The molecule has 2 bridgehead atoms. The molecule has 6 heteroatoms. The van der Waals surface area contributed by atoms with Gasteiger partial charge in [0.1, 0.15) is 11.4 Å². The van der Waals surface area contributed by atoms with Gasteiger partial charge in [0, 0.05) is 55.8 Å². The van der Waals surface area contributed by atoms with Crippen LogP contribution < -0.4 is 5.32 Å². The molecular weight excluding hydrogens is 568 g/mol. The second-order valence-corrected chi connectivity index (χ2v) is 14.2. The fourth-order valence-electron chi connectivity index (χ4n) is 8.43. The Balaban J connectivity index is 1.24. The molecule has 2 aromatic carbocycles. The van der Waals surface area contributed by atoms with E-state index in [2.05, 4.69) is 48.2 Å². The van der Waals surface area contributed by atoms with Crippen molar-refractivity contribution in [1.82, 2.24) is 20.2 Å². The first-order chi connectivity index (χ1) is 22.2. The average molecular weight is 611 g/mol. The highest BCUT2D eigenvalue weighted by Gasteiger charge is 2.57. The largest absolute Gasteiger partial charge is 0.357 e. The summed E-state index contributed by atoms with van der Waals surface area (Å²) in [5.41, 5.74) is 4.19. The lowest BCUT2D eigenvalue weighted by Gasteiger charge is -2.62. The molecule has 46 heavy (non-hydrogen) atoms. The van der Waals surface area contributed by atoms with Gasteiger partial charge in [0.15, 0.2) is 5.78 Å². The van der Waals surface area contributed by atoms with E-state index in [1.54, 1.807) is 30.9 Å². The molecule has 1 saturated heterocycles. The molecule has 4 atom stereocenters. The molecule has 0 radical (unpaired) electrons. The molecule has 6 nitrogen and oxygen atoms in total. The summed E-state index contributed by atoms with van der Waals surface area (Å²) < 4.78 is 0. The third kappa shape index (κ3) is 5.55. The lowest BCUT2D eigenvalue weighted by molar-refractivity contribution is -0.142. The molecular formula is C40H42N4O2. The molecule has 8 rings (SSSR count). The summed E-state index contributed by atoms with van der Waals surface area (Å²) in [5, 5.41) is 3.66. The van der Waals surface area contributed by atoms with Crippen LogP contribution in [-0.2, 0) is 17.6 Å². The average Bonchev–Trinajstić information content (AvgIpc) is 3.31. The maximum Gasteiger partial charge on any atom is 0.254 e. The van der Waals surface area contributed by atoms with Gasteiger partial charge in [-0.2, -0.15) is 0 Å². The summed E-state index contributed by atoms with van der Waals surface area (Å²) in [6, 6.07) is 25.7. The van der Waals surface area contributed by atoms with Gasteiger partial charge in [-0.3, -0.25) is 24.5 Å². The van der Waals surface area contributed by atoms with Crippen LogP contribution >= 0.6 is 0 Å². The maximum atomic E-state index is 14.8. The van der Waals surface area contributed by atoms with E-state index >= 15 is 0 Å². The number of pyridine rings is 2. The highest BCUT2D eigenvalue weighted by Crippen LogP contribution is 2.63. The second kappa shape index (κ2) is 12.0. The first-order valence-electron chi connectivity index (χ1n) is 16.5. The van der Waals surface area contributed by atoms with Crippen LogP contribution in [0.4, 0.5) is 0 Å². The number of hydrogen-bond donors (Lipinski definition) is 1. The first kappa shape index (κ1) is 30.1. The standard InChI is InChI=1S/C40H42N4O2/c1-27-33(21-34-22-35(27)39(34,2)3)26-44-37(23-36(45)32-11-9-31(10-12-32)30-7-5-4-6-8-30)43-40(38(44)46,24-28-13-17-41-18-14-28)25-29-15-19-42-20-16-29/h4-20,23,27,33-35,43H,21-22,24-26H2,1-3H3. The van der Waals surface area contributed by atoms with Crippen LogP contribution in [0.5, 0.6) is 0 Å². The van der Waals surface area contributed by atoms with E-state index in [1.807, 2.05) is 71.6 Å². The van der Waals surface area contributed by atoms with Crippen molar-refractivity contribution in [2.75, 3.05) is 6.54 Å². The smallest absolute Gasteiger partial charge is 0.254 e. The van der Waals surface area contributed by atoms with Gasteiger partial charge in [0.25, 0.3) is 5.91 Å². The molecule has 4 unspecified atom stereocenters. The van der Waals surface area contributed by atoms with Crippen molar-refractivity contribution in [2.45, 2.75) is 52.0 Å². The zero-order valence-electron chi connectivity index (χ0n) is 26.9. The van der Waals surface area contributed by atoms with E-state index in [9.17, 15) is 9.59 Å². The molecule has 3 heterocycles. The summed E-state index contributed by atoms with van der Waals surface area (Å²) in [6.07, 6.45) is 12.1. The number of carbonyl (C=O) groups is 2. The minimum atomic E-state index is -0.952. The molecule has 1 amide bonds. The van der Waals surface area contributed by atoms with Crippen LogP contribution in [-0.4, -0.2) is 38.6 Å². The van der Waals surface area contributed by atoms with Crippen molar-refractivity contribution >= 4 is 11.7 Å². The minimum absolute atomic E-state index is 0.0188. The molecule has 3 aliphatic carbocycles. The summed E-state index contributed by atoms with van der Waals surface area (Å²) in [4.78, 5) is 39.0. The van der Waals surface area contributed by atoms with E-state index in [0.29, 0.717) is 59.9 Å². The van der Waals surface area contributed by atoms with E-state index in [-0.39, 0.29) is 11.7 Å². The fourth-order valence-corrected chi connectivity index (χ4v) is 8.43. The number of aromatic nitrogens is 2. The van der Waals surface area contributed by atoms with Crippen molar-refractivity contribution in [3.05, 3.63) is 132 Å². The number of nitrogens with one attached hydrogen (secondary N) is 1. The van der Waals surface area contributed by atoms with Gasteiger partial charge in [-0.1, -0.05) is 75.4 Å². The zero-order valence-corrected chi connectivity index (χ0v) is 26.9. The third-order valence-electron chi connectivity index (χ3n) is 11.3. The number of hydrogen-bond acceptors (Lipinski definition) is 5. The van der Waals surface area contributed by atoms with E-state index in [4.69, 9.17) is 0 Å². The van der Waals surface area contributed by atoms with Crippen molar-refractivity contribution in [3.8, 4) is 11.1 Å². The van der Waals surface area contributed by atoms with Crippen molar-refractivity contribution < 1.29 is 9.59 Å². The Morgan fingerprint density at radius 3 is 2.00 bits per heavy atom. The number of benzene rings is 2. The van der Waals surface area contributed by atoms with Crippen molar-refractivity contribution in [1.29, 1.82) is 0 Å². The van der Waals surface area contributed by atoms with E-state index in [0.717, 1.165) is 28.7 Å². The van der Waals surface area contributed by atoms with Crippen LogP contribution in [0.3, 0.4) is 0 Å². The molecule has 0 spiro atoms. The predicted octanol–water partition coefficient (Wildman–Crippen LogP) is 7.14. The van der Waals surface area contributed by atoms with Crippen LogP contribution in [0.2, 0.25) is 0 Å². The van der Waals surface area contributed by atoms with Gasteiger partial charge >= 0.3 is 0 Å². The van der Waals surface area contributed by atoms with Crippen LogP contribution in [0.1, 0.15) is 55.1 Å². The Kier molecular flexibility index (Phi) is 7.83. The lowest BCUT2D eigenvalue weighted by Crippen LogP contribution is -2.57. The van der Waals surface area contributed by atoms with Gasteiger partial charge in [-0.05, 0) is 88.4 Å². The Morgan fingerprint density at radius 1 is 0.848 bits per heavy atom. The fraction of sp³-hybridized carbons (Fsp3) is 0.350. The molecule has 4 aliphatic rings. The molecule has 3 saturated carbocycles. The summed E-state index contributed by atoms with van der Waals surface area (Å²) in [6.45, 7) is 7.78. The number of rotatable bonds is 9.